The zero-order valence-electron chi connectivity index (χ0n) is 13.0. The lowest BCUT2D eigenvalue weighted by atomic mass is 10.1. The Hall–Kier alpha value is -1.71. The lowest BCUT2D eigenvalue weighted by Gasteiger charge is -2.21. The summed E-state index contributed by atoms with van der Waals surface area (Å²) in [6.07, 6.45) is -0.235. The summed E-state index contributed by atoms with van der Waals surface area (Å²) in [7, 11) is 0. The molecule has 6 N–H and O–H groups in total. The van der Waals surface area contributed by atoms with Gasteiger partial charge in [-0.3, -0.25) is 0 Å². The Morgan fingerprint density at radius 2 is 1.96 bits per heavy atom. The molecule has 1 aliphatic rings. The van der Waals surface area contributed by atoms with Crippen LogP contribution in [-0.2, 0) is 0 Å². The van der Waals surface area contributed by atoms with Gasteiger partial charge in [0, 0.05) is 24.3 Å². The second kappa shape index (κ2) is 7.27. The summed E-state index contributed by atoms with van der Waals surface area (Å²) < 4.78 is 0. The smallest absolute Gasteiger partial charge is 0.223 e. The molecule has 0 radical (unpaired) electrons. The van der Waals surface area contributed by atoms with Gasteiger partial charge in [-0.15, -0.1) is 0 Å². The van der Waals surface area contributed by atoms with Crippen LogP contribution in [0.25, 0.3) is 11.1 Å². The predicted molar refractivity (Wildman–Crippen MR) is 94.3 cm³/mol. The minimum Gasteiger partial charge on any atom is -0.396 e. The average Bonchev–Trinajstić information content (AvgIpc) is 2.83. The minimum atomic E-state index is -1.08. The lowest BCUT2D eigenvalue weighted by Crippen LogP contribution is -2.35. The molecule has 1 aliphatic carbocycles. The van der Waals surface area contributed by atoms with E-state index >= 15 is 0 Å². The quantitative estimate of drug-likeness (QED) is 0.387. The number of nitrogen functional groups attached to an aromatic ring is 1. The number of anilines is 2. The third-order valence-electron chi connectivity index (χ3n) is 4.27. The number of nitrogens with zero attached hydrogens (tertiary/aromatic N) is 3. The van der Waals surface area contributed by atoms with Gasteiger partial charge in [0.1, 0.15) is 22.2 Å². The number of aliphatic hydroxyl groups is 3. The van der Waals surface area contributed by atoms with E-state index in [2.05, 4.69) is 20.3 Å². The van der Waals surface area contributed by atoms with Crippen LogP contribution in [0.2, 0.25) is 10.3 Å². The molecule has 2 aromatic heterocycles. The summed E-state index contributed by atoms with van der Waals surface area (Å²) in [5.74, 6) is -0.224. The lowest BCUT2D eigenvalue weighted by molar-refractivity contribution is 0.00446. The first-order valence-electron chi connectivity index (χ1n) is 7.59. The number of hydrogen-bond donors (Lipinski definition) is 5. The zero-order valence-corrected chi connectivity index (χ0v) is 14.5. The van der Waals surface area contributed by atoms with E-state index in [1.165, 1.54) is 6.20 Å². The number of halogens is 2. The Balaban J connectivity index is 2.01. The summed E-state index contributed by atoms with van der Waals surface area (Å²) in [5, 5.41) is 32.8. The van der Waals surface area contributed by atoms with Crippen LogP contribution in [0.15, 0.2) is 18.3 Å². The number of nitrogens with two attached hydrogens (primary N) is 1. The van der Waals surface area contributed by atoms with Crippen molar-refractivity contribution in [3.63, 3.8) is 0 Å². The molecule has 4 atom stereocenters. The van der Waals surface area contributed by atoms with E-state index in [0.29, 0.717) is 17.5 Å². The molecule has 0 aromatic carbocycles. The van der Waals surface area contributed by atoms with Crippen molar-refractivity contribution < 1.29 is 15.3 Å². The van der Waals surface area contributed by atoms with E-state index < -0.39 is 24.2 Å². The van der Waals surface area contributed by atoms with Crippen LogP contribution >= 0.6 is 23.2 Å². The third kappa shape index (κ3) is 3.49. The van der Waals surface area contributed by atoms with Crippen molar-refractivity contribution in [3.8, 4) is 11.1 Å². The number of nitrogens with one attached hydrogen (secondary N) is 1. The topological polar surface area (TPSA) is 137 Å². The highest BCUT2D eigenvalue weighted by Crippen LogP contribution is 2.38. The maximum Gasteiger partial charge on any atom is 0.223 e. The van der Waals surface area contributed by atoms with Gasteiger partial charge >= 0.3 is 0 Å². The predicted octanol–water partition coefficient (Wildman–Crippen LogP) is 0.942. The van der Waals surface area contributed by atoms with E-state index in [4.69, 9.17) is 28.9 Å². The molecule has 25 heavy (non-hydrogen) atoms. The van der Waals surface area contributed by atoms with Crippen LogP contribution in [0.5, 0.6) is 0 Å². The first kappa shape index (κ1) is 18.1. The van der Waals surface area contributed by atoms with Gasteiger partial charge in [-0.05, 0) is 18.6 Å². The Morgan fingerprint density at radius 3 is 2.60 bits per heavy atom. The molecule has 2 heterocycles. The van der Waals surface area contributed by atoms with Gasteiger partial charge in [0.2, 0.25) is 5.95 Å². The summed E-state index contributed by atoms with van der Waals surface area (Å²) in [4.78, 5) is 12.1. The van der Waals surface area contributed by atoms with Crippen molar-refractivity contribution in [1.29, 1.82) is 0 Å². The summed E-state index contributed by atoms with van der Waals surface area (Å²) in [6, 6.07) is 2.84. The molecule has 134 valence electrons. The van der Waals surface area contributed by atoms with E-state index in [1.54, 1.807) is 12.1 Å². The third-order valence-corrected chi connectivity index (χ3v) is 4.84. The van der Waals surface area contributed by atoms with Crippen molar-refractivity contribution in [2.24, 2.45) is 5.92 Å². The van der Waals surface area contributed by atoms with Crippen molar-refractivity contribution in [1.82, 2.24) is 15.0 Å². The molecule has 0 amide bonds. The summed E-state index contributed by atoms with van der Waals surface area (Å²) in [6.45, 7) is -0.232. The fraction of sp³-hybridized carbons (Fsp3) is 0.400. The summed E-state index contributed by atoms with van der Waals surface area (Å²) >= 11 is 12.4. The molecule has 3 rings (SSSR count). The molecule has 0 aliphatic heterocycles. The van der Waals surface area contributed by atoms with Crippen LogP contribution < -0.4 is 11.1 Å². The standard InChI is InChI=1S/C15H17Cl2N5O3/c16-12-7(2-1-3-19-12)9-13(17)21-15(18)22-14(9)20-8-4-6(5-23)10(24)11(8)25/h1-3,6,8,10-11,23-25H,4-5H2,(H3,18,20,21,22)/t6-,8-,10-,11+/m1/s1. The monoisotopic (exact) mass is 385 g/mol. The fourth-order valence-electron chi connectivity index (χ4n) is 2.99. The molecule has 1 fully saturated rings. The Kier molecular flexibility index (Phi) is 5.26. The highest BCUT2D eigenvalue weighted by molar-refractivity contribution is 6.35. The van der Waals surface area contributed by atoms with Crippen LogP contribution in [0.1, 0.15) is 6.42 Å². The maximum absolute atomic E-state index is 10.2. The van der Waals surface area contributed by atoms with E-state index in [-0.39, 0.29) is 28.7 Å². The highest BCUT2D eigenvalue weighted by Gasteiger charge is 2.41. The normalized spacial score (nSPS) is 26.0. The fourth-order valence-corrected chi connectivity index (χ4v) is 3.48. The minimum absolute atomic E-state index is 0.0528. The van der Waals surface area contributed by atoms with Gasteiger partial charge in [0.15, 0.2) is 0 Å². The highest BCUT2D eigenvalue weighted by atomic mass is 35.5. The van der Waals surface area contributed by atoms with Gasteiger partial charge in [0.25, 0.3) is 0 Å². The van der Waals surface area contributed by atoms with Gasteiger partial charge in [-0.1, -0.05) is 23.2 Å². The van der Waals surface area contributed by atoms with Crippen LogP contribution in [0.4, 0.5) is 11.8 Å². The second-order valence-electron chi connectivity index (χ2n) is 5.85. The molecule has 0 saturated heterocycles. The van der Waals surface area contributed by atoms with Crippen LogP contribution in [0.3, 0.4) is 0 Å². The van der Waals surface area contributed by atoms with E-state index in [9.17, 15) is 15.3 Å². The number of hydrogen-bond acceptors (Lipinski definition) is 8. The Bertz CT molecular complexity index is 779. The first-order chi connectivity index (χ1) is 11.9. The maximum atomic E-state index is 10.2. The first-order valence-corrected chi connectivity index (χ1v) is 8.35. The molecule has 10 heteroatoms. The molecule has 2 aromatic rings. The summed E-state index contributed by atoms with van der Waals surface area (Å²) in [5.41, 5.74) is 6.58. The molecule has 8 nitrogen and oxygen atoms in total. The molecule has 0 unspecified atom stereocenters. The Labute approximate surface area is 153 Å². The van der Waals surface area contributed by atoms with Crippen molar-refractivity contribution >= 4 is 35.0 Å². The number of pyridine rings is 1. The SMILES string of the molecule is Nc1nc(Cl)c(-c2cccnc2Cl)c(N[C@@H]2C[C@H](CO)[C@@H](O)[C@H]2O)n1. The molecular weight excluding hydrogens is 369 g/mol. The van der Waals surface area contributed by atoms with Crippen molar-refractivity contribution in [3.05, 3.63) is 28.6 Å². The number of rotatable bonds is 4. The average molecular weight is 386 g/mol. The molecule has 0 bridgehead atoms. The second-order valence-corrected chi connectivity index (χ2v) is 6.56. The van der Waals surface area contributed by atoms with Gasteiger partial charge in [-0.25, -0.2) is 9.97 Å². The molecule has 0 spiro atoms. The molecule has 1 saturated carbocycles. The van der Waals surface area contributed by atoms with Crippen molar-refractivity contribution in [2.45, 2.75) is 24.7 Å². The van der Waals surface area contributed by atoms with E-state index in [0.717, 1.165) is 0 Å². The van der Waals surface area contributed by atoms with Gasteiger partial charge in [0.05, 0.1) is 17.7 Å². The van der Waals surface area contributed by atoms with Crippen LogP contribution in [-0.4, -0.2) is 55.1 Å². The van der Waals surface area contributed by atoms with Gasteiger partial charge < -0.3 is 26.4 Å². The number of aromatic nitrogens is 3. The number of aliphatic hydroxyl groups excluding tert-OH is 3. The Morgan fingerprint density at radius 1 is 1.20 bits per heavy atom. The zero-order chi connectivity index (χ0) is 18.1. The van der Waals surface area contributed by atoms with E-state index in [1.807, 2.05) is 0 Å². The van der Waals surface area contributed by atoms with Gasteiger partial charge in [-0.2, -0.15) is 4.98 Å². The van der Waals surface area contributed by atoms with Crippen molar-refractivity contribution in [2.75, 3.05) is 17.7 Å². The van der Waals surface area contributed by atoms with Crippen LogP contribution in [0, 0.1) is 5.92 Å². The molecular formula is C15H17Cl2N5O3. The largest absolute Gasteiger partial charge is 0.396 e.